The van der Waals surface area contributed by atoms with E-state index in [1.165, 1.54) is 16.9 Å². The number of esters is 1. The monoisotopic (exact) mass is 396 g/mol. The third-order valence-corrected chi connectivity index (χ3v) is 4.92. The van der Waals surface area contributed by atoms with Crippen molar-refractivity contribution in [3.8, 4) is 16.3 Å². The Hall–Kier alpha value is -3.19. The van der Waals surface area contributed by atoms with Crippen LogP contribution in [0.5, 0.6) is 5.75 Å². The molecule has 0 aliphatic heterocycles. The van der Waals surface area contributed by atoms with Crippen LogP contribution in [0.1, 0.15) is 23.0 Å². The minimum absolute atomic E-state index is 0.177. The van der Waals surface area contributed by atoms with Gasteiger partial charge in [0.1, 0.15) is 10.8 Å². The molecular weight excluding hydrogens is 376 g/mol. The van der Waals surface area contributed by atoms with Gasteiger partial charge in [-0.05, 0) is 48.4 Å². The molecule has 2 aromatic carbocycles. The Morgan fingerprint density at radius 1 is 1.07 bits per heavy atom. The molecule has 28 heavy (non-hydrogen) atoms. The Morgan fingerprint density at radius 2 is 1.79 bits per heavy atom. The van der Waals surface area contributed by atoms with Crippen LogP contribution < -0.4 is 10.1 Å². The quantitative estimate of drug-likeness (QED) is 0.606. The molecule has 3 rings (SSSR count). The number of hydrogen-bond acceptors (Lipinski definition) is 6. The van der Waals surface area contributed by atoms with Crippen molar-refractivity contribution < 1.29 is 19.1 Å². The van der Waals surface area contributed by atoms with Crippen LogP contribution in [0.3, 0.4) is 0 Å². The highest BCUT2D eigenvalue weighted by Gasteiger charge is 2.15. The number of nitrogens with one attached hydrogen (secondary N) is 1. The largest absolute Gasteiger partial charge is 0.497 e. The van der Waals surface area contributed by atoms with Crippen LogP contribution in [0.25, 0.3) is 10.6 Å². The number of amides is 1. The summed E-state index contributed by atoms with van der Waals surface area (Å²) in [4.78, 5) is 28.4. The van der Waals surface area contributed by atoms with E-state index >= 15 is 0 Å². The average molecular weight is 396 g/mol. The van der Waals surface area contributed by atoms with Gasteiger partial charge < -0.3 is 14.8 Å². The molecule has 1 N–H and O–H groups in total. The molecule has 0 bridgehead atoms. The van der Waals surface area contributed by atoms with Gasteiger partial charge in [0.25, 0.3) is 5.91 Å². The molecule has 0 aliphatic rings. The fraction of sp³-hybridized carbons (Fsp3) is 0.190. The third-order valence-electron chi connectivity index (χ3n) is 4.03. The molecule has 6 nitrogen and oxygen atoms in total. The summed E-state index contributed by atoms with van der Waals surface area (Å²) in [5.74, 6) is -0.286. The maximum Gasteiger partial charge on any atom is 0.358 e. The van der Waals surface area contributed by atoms with E-state index in [0.29, 0.717) is 10.7 Å². The summed E-state index contributed by atoms with van der Waals surface area (Å²) in [5, 5.41) is 5.00. The number of rotatable bonds is 7. The van der Waals surface area contributed by atoms with Gasteiger partial charge in [0.15, 0.2) is 12.3 Å². The summed E-state index contributed by atoms with van der Waals surface area (Å²) in [7, 11) is 1.60. The number of thiazole rings is 1. The number of carbonyl (C=O) groups excluding carboxylic acids is 2. The Kier molecular flexibility index (Phi) is 6.39. The molecule has 0 radical (unpaired) electrons. The molecule has 7 heteroatoms. The predicted molar refractivity (Wildman–Crippen MR) is 109 cm³/mol. The summed E-state index contributed by atoms with van der Waals surface area (Å²) >= 11 is 1.33. The third kappa shape index (κ3) is 4.95. The van der Waals surface area contributed by atoms with Crippen molar-refractivity contribution in [3.63, 3.8) is 0 Å². The van der Waals surface area contributed by atoms with Gasteiger partial charge in [0.05, 0.1) is 7.11 Å². The van der Waals surface area contributed by atoms with Gasteiger partial charge in [0, 0.05) is 16.6 Å². The van der Waals surface area contributed by atoms with Crippen molar-refractivity contribution in [1.82, 2.24) is 4.98 Å². The second kappa shape index (κ2) is 9.14. The summed E-state index contributed by atoms with van der Waals surface area (Å²) in [6, 6.07) is 14.9. The van der Waals surface area contributed by atoms with Crippen molar-refractivity contribution in [1.29, 1.82) is 0 Å². The van der Waals surface area contributed by atoms with Crippen LogP contribution in [0.15, 0.2) is 53.9 Å². The highest BCUT2D eigenvalue weighted by atomic mass is 32.1. The fourth-order valence-electron chi connectivity index (χ4n) is 2.46. The van der Waals surface area contributed by atoms with Crippen LogP contribution in [0.4, 0.5) is 5.69 Å². The maximum atomic E-state index is 12.2. The number of benzene rings is 2. The van der Waals surface area contributed by atoms with Gasteiger partial charge in [-0.2, -0.15) is 0 Å². The average Bonchev–Trinajstić information content (AvgIpc) is 3.23. The number of hydrogen-bond donors (Lipinski definition) is 1. The van der Waals surface area contributed by atoms with E-state index in [2.05, 4.69) is 17.2 Å². The molecule has 144 valence electrons. The van der Waals surface area contributed by atoms with E-state index in [1.807, 2.05) is 48.5 Å². The highest BCUT2D eigenvalue weighted by molar-refractivity contribution is 7.13. The molecule has 1 amide bonds. The first-order valence-electron chi connectivity index (χ1n) is 8.75. The first-order valence-corrected chi connectivity index (χ1v) is 9.63. The van der Waals surface area contributed by atoms with E-state index in [-0.39, 0.29) is 12.3 Å². The van der Waals surface area contributed by atoms with E-state index in [4.69, 9.17) is 9.47 Å². The van der Waals surface area contributed by atoms with E-state index in [9.17, 15) is 9.59 Å². The lowest BCUT2D eigenvalue weighted by molar-refractivity contribution is -0.119. The zero-order chi connectivity index (χ0) is 19.9. The first kappa shape index (κ1) is 19.6. The Morgan fingerprint density at radius 3 is 2.43 bits per heavy atom. The topological polar surface area (TPSA) is 77.5 Å². The fourth-order valence-corrected chi connectivity index (χ4v) is 3.25. The summed E-state index contributed by atoms with van der Waals surface area (Å²) in [5.41, 5.74) is 2.89. The highest BCUT2D eigenvalue weighted by Crippen LogP contribution is 2.26. The predicted octanol–water partition coefficient (Wildman–Crippen LogP) is 4.18. The number of aryl methyl sites for hydroxylation is 1. The zero-order valence-electron chi connectivity index (χ0n) is 15.6. The number of nitrogens with zero attached hydrogens (tertiary/aromatic N) is 1. The summed E-state index contributed by atoms with van der Waals surface area (Å²) < 4.78 is 10.2. The lowest BCUT2D eigenvalue weighted by Gasteiger charge is -2.06. The number of aromatic nitrogens is 1. The number of carbonyl (C=O) groups is 2. The van der Waals surface area contributed by atoms with Crippen molar-refractivity contribution in [2.45, 2.75) is 13.3 Å². The molecule has 1 aromatic heterocycles. The Bertz CT molecular complexity index is 949. The Labute approximate surface area is 167 Å². The molecular formula is C21H20N2O4S. The molecule has 0 unspecified atom stereocenters. The second-order valence-electron chi connectivity index (χ2n) is 5.94. The van der Waals surface area contributed by atoms with E-state index < -0.39 is 11.9 Å². The van der Waals surface area contributed by atoms with Crippen LogP contribution in [0, 0.1) is 0 Å². The molecule has 0 spiro atoms. The SMILES string of the molecule is CCc1ccc(NC(=O)COC(=O)c2csc(-c3ccc(OC)cc3)n2)cc1. The Balaban J connectivity index is 1.54. The van der Waals surface area contributed by atoms with Crippen molar-refractivity contribution in [3.05, 3.63) is 65.2 Å². The molecule has 1 heterocycles. The standard InChI is InChI=1S/C21H20N2O4S/c1-3-14-4-8-16(9-5-14)22-19(24)12-27-21(25)18-13-28-20(23-18)15-6-10-17(26-2)11-7-15/h4-11,13H,3,12H2,1-2H3,(H,22,24). The minimum atomic E-state index is -0.632. The lowest BCUT2D eigenvalue weighted by atomic mass is 10.1. The van der Waals surface area contributed by atoms with Gasteiger partial charge in [-0.1, -0.05) is 19.1 Å². The van der Waals surface area contributed by atoms with Crippen LogP contribution in [-0.2, 0) is 16.0 Å². The minimum Gasteiger partial charge on any atom is -0.497 e. The van der Waals surface area contributed by atoms with E-state index in [1.54, 1.807) is 12.5 Å². The molecule has 0 aliphatic carbocycles. The summed E-state index contributed by atoms with van der Waals surface area (Å²) in [6.45, 7) is 1.69. The normalized spacial score (nSPS) is 10.4. The maximum absolute atomic E-state index is 12.2. The lowest BCUT2D eigenvalue weighted by Crippen LogP contribution is -2.21. The van der Waals surface area contributed by atoms with Crippen LogP contribution in [0.2, 0.25) is 0 Å². The second-order valence-corrected chi connectivity index (χ2v) is 6.80. The van der Waals surface area contributed by atoms with Gasteiger partial charge in [0.2, 0.25) is 0 Å². The van der Waals surface area contributed by atoms with E-state index in [0.717, 1.165) is 17.7 Å². The molecule has 0 saturated carbocycles. The number of methoxy groups -OCH3 is 1. The van der Waals surface area contributed by atoms with Crippen molar-refractivity contribution in [2.24, 2.45) is 0 Å². The molecule has 3 aromatic rings. The van der Waals surface area contributed by atoms with Crippen LogP contribution >= 0.6 is 11.3 Å². The van der Waals surface area contributed by atoms with Crippen LogP contribution in [-0.4, -0.2) is 30.6 Å². The van der Waals surface area contributed by atoms with Gasteiger partial charge in [-0.3, -0.25) is 4.79 Å². The number of anilines is 1. The van der Waals surface area contributed by atoms with Crippen molar-refractivity contribution >= 4 is 28.9 Å². The van der Waals surface area contributed by atoms with Gasteiger partial charge >= 0.3 is 5.97 Å². The van der Waals surface area contributed by atoms with Gasteiger partial charge in [-0.25, -0.2) is 9.78 Å². The zero-order valence-corrected chi connectivity index (χ0v) is 16.4. The smallest absolute Gasteiger partial charge is 0.358 e. The molecule has 0 atom stereocenters. The first-order chi connectivity index (χ1) is 13.6. The summed E-state index contributed by atoms with van der Waals surface area (Å²) in [6.07, 6.45) is 0.929. The number of ether oxygens (including phenoxy) is 2. The van der Waals surface area contributed by atoms with Crippen molar-refractivity contribution in [2.75, 3.05) is 19.0 Å². The molecule has 0 saturated heterocycles. The van der Waals surface area contributed by atoms with Gasteiger partial charge in [-0.15, -0.1) is 11.3 Å². The molecule has 0 fully saturated rings.